The summed E-state index contributed by atoms with van der Waals surface area (Å²) in [5.74, 6) is 0.207. The standard InChI is InChI=1S/C11H10F3NO2/c12-11(13,14)6-17-10-3-1-2-7-8(10)4-5-9(7)15-16/h1-3,16H,4-6H2/b15-9-. The maximum absolute atomic E-state index is 12.0. The zero-order chi connectivity index (χ0) is 12.5. The molecule has 6 heteroatoms. The van der Waals surface area contributed by atoms with Gasteiger partial charge < -0.3 is 9.94 Å². The van der Waals surface area contributed by atoms with Gasteiger partial charge >= 0.3 is 6.18 Å². The first-order valence-corrected chi connectivity index (χ1v) is 5.04. The van der Waals surface area contributed by atoms with E-state index in [-0.39, 0.29) is 5.75 Å². The Bertz CT molecular complexity index is 455. The van der Waals surface area contributed by atoms with Gasteiger partial charge in [0.05, 0.1) is 5.71 Å². The van der Waals surface area contributed by atoms with Crippen LogP contribution in [0.3, 0.4) is 0 Å². The van der Waals surface area contributed by atoms with Crippen LogP contribution in [0.15, 0.2) is 23.4 Å². The Morgan fingerprint density at radius 1 is 1.29 bits per heavy atom. The van der Waals surface area contributed by atoms with Crippen molar-refractivity contribution in [1.82, 2.24) is 0 Å². The SMILES string of the molecule is O/N=C1/CCc2c(OCC(F)(F)F)cccc21. The molecule has 1 N–H and O–H groups in total. The van der Waals surface area contributed by atoms with E-state index in [0.29, 0.717) is 29.7 Å². The Hall–Kier alpha value is -1.72. The minimum Gasteiger partial charge on any atom is -0.484 e. The van der Waals surface area contributed by atoms with Gasteiger partial charge in [-0.15, -0.1) is 0 Å². The van der Waals surface area contributed by atoms with Gasteiger partial charge in [-0.05, 0) is 18.9 Å². The highest BCUT2D eigenvalue weighted by atomic mass is 19.4. The summed E-state index contributed by atoms with van der Waals surface area (Å²) in [7, 11) is 0. The van der Waals surface area contributed by atoms with Crippen molar-refractivity contribution in [3.63, 3.8) is 0 Å². The molecule has 0 aromatic heterocycles. The van der Waals surface area contributed by atoms with E-state index in [2.05, 4.69) is 5.16 Å². The van der Waals surface area contributed by atoms with Crippen LogP contribution in [-0.4, -0.2) is 23.7 Å². The van der Waals surface area contributed by atoms with E-state index in [1.165, 1.54) is 6.07 Å². The first kappa shape index (κ1) is 11.8. The van der Waals surface area contributed by atoms with Crippen molar-refractivity contribution in [2.24, 2.45) is 5.16 Å². The highest BCUT2D eigenvalue weighted by molar-refractivity contribution is 6.04. The maximum atomic E-state index is 12.0. The van der Waals surface area contributed by atoms with E-state index in [1.807, 2.05) is 0 Å². The summed E-state index contributed by atoms with van der Waals surface area (Å²) in [6, 6.07) is 4.78. The molecule has 0 unspecified atom stereocenters. The fourth-order valence-corrected chi connectivity index (χ4v) is 1.87. The number of rotatable bonds is 2. The summed E-state index contributed by atoms with van der Waals surface area (Å²) in [6.07, 6.45) is -3.31. The molecule has 0 spiro atoms. The number of ether oxygens (including phenoxy) is 1. The molecule has 0 bridgehead atoms. The van der Waals surface area contributed by atoms with Crippen LogP contribution in [0.1, 0.15) is 17.5 Å². The Labute approximate surface area is 95.5 Å². The monoisotopic (exact) mass is 245 g/mol. The number of benzene rings is 1. The number of oxime groups is 1. The molecule has 0 radical (unpaired) electrons. The van der Waals surface area contributed by atoms with Crippen LogP contribution in [0.25, 0.3) is 0 Å². The van der Waals surface area contributed by atoms with E-state index in [4.69, 9.17) is 9.94 Å². The van der Waals surface area contributed by atoms with Gasteiger partial charge in [-0.25, -0.2) is 0 Å². The normalized spacial score (nSPS) is 17.2. The summed E-state index contributed by atoms with van der Waals surface area (Å²) >= 11 is 0. The fraction of sp³-hybridized carbons (Fsp3) is 0.364. The van der Waals surface area contributed by atoms with Gasteiger partial charge in [0.1, 0.15) is 5.75 Å². The van der Waals surface area contributed by atoms with Crippen molar-refractivity contribution in [2.75, 3.05) is 6.61 Å². The molecule has 17 heavy (non-hydrogen) atoms. The molecule has 1 aliphatic carbocycles. The predicted molar refractivity (Wildman–Crippen MR) is 54.6 cm³/mol. The topological polar surface area (TPSA) is 41.8 Å². The van der Waals surface area contributed by atoms with Gasteiger partial charge in [-0.2, -0.15) is 13.2 Å². The third-order valence-corrected chi connectivity index (χ3v) is 2.57. The third-order valence-electron chi connectivity index (χ3n) is 2.57. The Balaban J connectivity index is 2.23. The van der Waals surface area contributed by atoms with Gasteiger partial charge in [-0.1, -0.05) is 17.3 Å². The molecule has 2 rings (SSSR count). The van der Waals surface area contributed by atoms with Gasteiger partial charge in [-0.3, -0.25) is 0 Å². The molecule has 0 amide bonds. The number of halogens is 3. The average molecular weight is 245 g/mol. The van der Waals surface area contributed by atoms with Gasteiger partial charge in [0.15, 0.2) is 6.61 Å². The van der Waals surface area contributed by atoms with E-state index in [0.717, 1.165) is 0 Å². The molecule has 0 aliphatic heterocycles. The molecule has 1 aliphatic rings. The molecule has 0 saturated carbocycles. The molecular weight excluding hydrogens is 235 g/mol. The number of hydrogen-bond acceptors (Lipinski definition) is 3. The van der Waals surface area contributed by atoms with E-state index < -0.39 is 12.8 Å². The maximum Gasteiger partial charge on any atom is 0.422 e. The minimum absolute atomic E-state index is 0.207. The van der Waals surface area contributed by atoms with Crippen LogP contribution in [0, 0.1) is 0 Å². The fourth-order valence-electron chi connectivity index (χ4n) is 1.87. The summed E-state index contributed by atoms with van der Waals surface area (Å²) in [4.78, 5) is 0. The third kappa shape index (κ3) is 2.51. The van der Waals surface area contributed by atoms with Crippen LogP contribution in [0.2, 0.25) is 0 Å². The molecule has 0 atom stereocenters. The lowest BCUT2D eigenvalue weighted by molar-refractivity contribution is -0.153. The Kier molecular flexibility index (Phi) is 2.95. The van der Waals surface area contributed by atoms with Crippen molar-refractivity contribution < 1.29 is 23.1 Å². The van der Waals surface area contributed by atoms with Gasteiger partial charge in [0, 0.05) is 11.1 Å². The molecule has 92 valence electrons. The first-order chi connectivity index (χ1) is 8.01. The summed E-state index contributed by atoms with van der Waals surface area (Å²) in [5, 5.41) is 11.8. The smallest absolute Gasteiger partial charge is 0.422 e. The van der Waals surface area contributed by atoms with Crippen LogP contribution in [0.4, 0.5) is 13.2 Å². The highest BCUT2D eigenvalue weighted by Gasteiger charge is 2.30. The van der Waals surface area contributed by atoms with Crippen LogP contribution < -0.4 is 4.74 Å². The van der Waals surface area contributed by atoms with Gasteiger partial charge in [0.2, 0.25) is 0 Å². The molecule has 1 aromatic carbocycles. The molecule has 0 saturated heterocycles. The number of nitrogens with zero attached hydrogens (tertiary/aromatic N) is 1. The summed E-state index contributed by atoms with van der Waals surface area (Å²) < 4.78 is 40.9. The molecule has 0 heterocycles. The lowest BCUT2D eigenvalue weighted by Gasteiger charge is -2.12. The van der Waals surface area contributed by atoms with Crippen molar-refractivity contribution in [1.29, 1.82) is 0 Å². The number of fused-ring (bicyclic) bond motifs is 1. The van der Waals surface area contributed by atoms with E-state index in [9.17, 15) is 13.2 Å². The van der Waals surface area contributed by atoms with Crippen molar-refractivity contribution in [3.05, 3.63) is 29.3 Å². The van der Waals surface area contributed by atoms with Gasteiger partial charge in [0.25, 0.3) is 0 Å². The number of hydrogen-bond donors (Lipinski definition) is 1. The number of alkyl halides is 3. The average Bonchev–Trinajstić information content (AvgIpc) is 2.68. The zero-order valence-electron chi connectivity index (χ0n) is 8.79. The van der Waals surface area contributed by atoms with Crippen LogP contribution in [-0.2, 0) is 6.42 Å². The molecular formula is C11H10F3NO2. The first-order valence-electron chi connectivity index (χ1n) is 5.04. The van der Waals surface area contributed by atoms with Crippen LogP contribution in [0.5, 0.6) is 5.75 Å². The Morgan fingerprint density at radius 3 is 2.71 bits per heavy atom. The minimum atomic E-state index is -4.35. The lowest BCUT2D eigenvalue weighted by atomic mass is 10.1. The highest BCUT2D eigenvalue weighted by Crippen LogP contribution is 2.31. The molecule has 3 nitrogen and oxygen atoms in total. The second kappa shape index (κ2) is 4.27. The second-order valence-corrected chi connectivity index (χ2v) is 3.73. The van der Waals surface area contributed by atoms with E-state index in [1.54, 1.807) is 12.1 Å². The summed E-state index contributed by atoms with van der Waals surface area (Å²) in [6.45, 7) is -1.31. The second-order valence-electron chi connectivity index (χ2n) is 3.73. The molecule has 0 fully saturated rings. The Morgan fingerprint density at radius 2 is 2.06 bits per heavy atom. The van der Waals surface area contributed by atoms with Crippen molar-refractivity contribution in [2.45, 2.75) is 19.0 Å². The van der Waals surface area contributed by atoms with Crippen molar-refractivity contribution >= 4 is 5.71 Å². The van der Waals surface area contributed by atoms with E-state index >= 15 is 0 Å². The molecule has 1 aromatic rings. The largest absolute Gasteiger partial charge is 0.484 e. The van der Waals surface area contributed by atoms with Crippen LogP contribution >= 0.6 is 0 Å². The predicted octanol–water partition coefficient (Wildman–Crippen LogP) is 2.75. The quantitative estimate of drug-likeness (QED) is 0.643. The van der Waals surface area contributed by atoms with Crippen molar-refractivity contribution in [3.8, 4) is 5.75 Å². The lowest BCUT2D eigenvalue weighted by Crippen LogP contribution is -2.19. The zero-order valence-corrected chi connectivity index (χ0v) is 8.79. The summed E-state index contributed by atoms with van der Waals surface area (Å²) in [5.41, 5.74) is 1.81.